The van der Waals surface area contributed by atoms with Crippen LogP contribution in [-0.4, -0.2) is 57.1 Å². The highest BCUT2D eigenvalue weighted by molar-refractivity contribution is 6.35. The number of ether oxygens (including phenoxy) is 2. The van der Waals surface area contributed by atoms with E-state index in [-0.39, 0.29) is 19.7 Å². The van der Waals surface area contributed by atoms with Gasteiger partial charge in [-0.25, -0.2) is 0 Å². The zero-order chi connectivity index (χ0) is 12.4. The molecule has 94 valence electrons. The first-order valence-corrected chi connectivity index (χ1v) is 4.88. The van der Waals surface area contributed by atoms with Crippen molar-refractivity contribution >= 4 is 11.8 Å². The average molecular weight is 234 g/mol. The molecule has 0 atom stereocenters. The Hall–Kier alpha value is -1.18. The van der Waals surface area contributed by atoms with Gasteiger partial charge in [-0.15, -0.1) is 0 Å². The Labute approximate surface area is 94.1 Å². The Kier molecular flexibility index (Phi) is 8.41. The van der Waals surface area contributed by atoms with Gasteiger partial charge in [-0.3, -0.25) is 9.59 Å². The Bertz CT molecular complexity index is 218. The fraction of sp³-hybridized carbons (Fsp3) is 0.778. The number of amides is 2. The lowest BCUT2D eigenvalue weighted by Crippen LogP contribution is -2.43. The second-order valence-corrected chi connectivity index (χ2v) is 2.94. The standard InChI is InChI=1S/C9H18N2O5/c1-15-7(16-2)6-11-9(14)8(13)10-4-3-5-12/h7,12H,3-6H2,1-2H3,(H,10,13)(H,11,14). The topological polar surface area (TPSA) is 96.9 Å². The molecule has 0 saturated carbocycles. The molecule has 0 rings (SSSR count). The van der Waals surface area contributed by atoms with E-state index in [1.807, 2.05) is 0 Å². The largest absolute Gasteiger partial charge is 0.396 e. The van der Waals surface area contributed by atoms with Crippen LogP contribution < -0.4 is 10.6 Å². The second kappa shape index (κ2) is 9.08. The van der Waals surface area contributed by atoms with Crippen LogP contribution in [0.1, 0.15) is 6.42 Å². The van der Waals surface area contributed by atoms with E-state index in [4.69, 9.17) is 14.6 Å². The fourth-order valence-electron chi connectivity index (χ4n) is 0.880. The number of aliphatic hydroxyl groups is 1. The first-order chi connectivity index (χ1) is 7.65. The summed E-state index contributed by atoms with van der Waals surface area (Å²) < 4.78 is 9.65. The van der Waals surface area contributed by atoms with Gasteiger partial charge >= 0.3 is 11.8 Å². The molecule has 7 nitrogen and oxygen atoms in total. The van der Waals surface area contributed by atoms with Gasteiger partial charge in [0, 0.05) is 27.4 Å². The lowest BCUT2D eigenvalue weighted by Gasteiger charge is -2.13. The van der Waals surface area contributed by atoms with Crippen molar-refractivity contribution in [2.75, 3.05) is 33.9 Å². The summed E-state index contributed by atoms with van der Waals surface area (Å²) >= 11 is 0. The zero-order valence-electron chi connectivity index (χ0n) is 9.49. The third-order valence-corrected chi connectivity index (χ3v) is 1.78. The van der Waals surface area contributed by atoms with E-state index in [1.165, 1.54) is 14.2 Å². The minimum Gasteiger partial charge on any atom is -0.396 e. The molecule has 0 fully saturated rings. The summed E-state index contributed by atoms with van der Waals surface area (Å²) in [6.07, 6.45) is -0.160. The van der Waals surface area contributed by atoms with Gasteiger partial charge in [0.05, 0.1) is 6.54 Å². The van der Waals surface area contributed by atoms with E-state index in [2.05, 4.69) is 10.6 Å². The van der Waals surface area contributed by atoms with Crippen LogP contribution in [-0.2, 0) is 19.1 Å². The monoisotopic (exact) mass is 234 g/mol. The van der Waals surface area contributed by atoms with Crippen LogP contribution in [0.2, 0.25) is 0 Å². The number of nitrogens with one attached hydrogen (secondary N) is 2. The number of carbonyl (C=O) groups is 2. The van der Waals surface area contributed by atoms with E-state index in [9.17, 15) is 9.59 Å². The maximum atomic E-state index is 11.2. The molecule has 0 aliphatic heterocycles. The van der Waals surface area contributed by atoms with Crippen LogP contribution in [0, 0.1) is 0 Å². The molecular weight excluding hydrogens is 216 g/mol. The quantitative estimate of drug-likeness (QED) is 0.275. The van der Waals surface area contributed by atoms with Crippen molar-refractivity contribution in [1.82, 2.24) is 10.6 Å². The molecule has 0 aromatic carbocycles. The predicted octanol–water partition coefficient (Wildman–Crippen LogP) is -1.78. The smallest absolute Gasteiger partial charge is 0.309 e. The van der Waals surface area contributed by atoms with E-state index < -0.39 is 18.1 Å². The minimum atomic E-state index is -0.753. The van der Waals surface area contributed by atoms with Crippen LogP contribution in [0.25, 0.3) is 0 Å². The van der Waals surface area contributed by atoms with Crippen molar-refractivity contribution in [3.63, 3.8) is 0 Å². The molecular formula is C9H18N2O5. The van der Waals surface area contributed by atoms with E-state index in [1.54, 1.807) is 0 Å². The first kappa shape index (κ1) is 14.8. The van der Waals surface area contributed by atoms with Crippen molar-refractivity contribution < 1.29 is 24.2 Å². The molecule has 2 amide bonds. The van der Waals surface area contributed by atoms with Crippen LogP contribution in [0.5, 0.6) is 0 Å². The highest BCUT2D eigenvalue weighted by Gasteiger charge is 2.14. The molecule has 0 heterocycles. The highest BCUT2D eigenvalue weighted by atomic mass is 16.7. The number of aliphatic hydroxyl groups excluding tert-OH is 1. The van der Waals surface area contributed by atoms with E-state index in [0.717, 1.165) is 0 Å². The molecule has 0 aliphatic rings. The van der Waals surface area contributed by atoms with Crippen molar-refractivity contribution in [2.24, 2.45) is 0 Å². The minimum absolute atomic E-state index is 0.0304. The number of hydrogen-bond acceptors (Lipinski definition) is 5. The van der Waals surface area contributed by atoms with E-state index in [0.29, 0.717) is 6.42 Å². The van der Waals surface area contributed by atoms with Crippen LogP contribution in [0.4, 0.5) is 0 Å². The molecule has 0 unspecified atom stereocenters. The lowest BCUT2D eigenvalue weighted by molar-refractivity contribution is -0.141. The Morgan fingerprint density at radius 2 is 1.75 bits per heavy atom. The van der Waals surface area contributed by atoms with Crippen molar-refractivity contribution in [3.8, 4) is 0 Å². The summed E-state index contributed by atoms with van der Waals surface area (Å²) in [7, 11) is 2.86. The van der Waals surface area contributed by atoms with Gasteiger partial charge in [-0.05, 0) is 6.42 Å². The Morgan fingerprint density at radius 1 is 1.19 bits per heavy atom. The molecule has 0 aromatic heterocycles. The molecule has 0 aromatic rings. The number of hydrogen-bond donors (Lipinski definition) is 3. The highest BCUT2D eigenvalue weighted by Crippen LogP contribution is 1.87. The van der Waals surface area contributed by atoms with Gasteiger partial charge in [0.15, 0.2) is 6.29 Å². The SMILES string of the molecule is COC(CNC(=O)C(=O)NCCCO)OC. The lowest BCUT2D eigenvalue weighted by atomic mass is 10.4. The number of rotatable bonds is 7. The number of carbonyl (C=O) groups excluding carboxylic acids is 2. The van der Waals surface area contributed by atoms with Gasteiger partial charge in [0.25, 0.3) is 0 Å². The van der Waals surface area contributed by atoms with Gasteiger partial charge in [0.2, 0.25) is 0 Å². The molecule has 0 radical (unpaired) electrons. The Morgan fingerprint density at radius 3 is 2.25 bits per heavy atom. The van der Waals surface area contributed by atoms with Gasteiger partial charge in [-0.2, -0.15) is 0 Å². The normalized spacial score (nSPS) is 10.2. The molecule has 16 heavy (non-hydrogen) atoms. The maximum Gasteiger partial charge on any atom is 0.309 e. The molecule has 0 saturated heterocycles. The maximum absolute atomic E-state index is 11.2. The summed E-state index contributed by atoms with van der Waals surface area (Å²) in [5.74, 6) is -1.49. The van der Waals surface area contributed by atoms with Crippen LogP contribution >= 0.6 is 0 Å². The molecule has 3 N–H and O–H groups in total. The summed E-state index contributed by atoms with van der Waals surface area (Å²) in [6.45, 7) is 0.331. The Balaban J connectivity index is 3.74. The van der Waals surface area contributed by atoms with Crippen molar-refractivity contribution in [2.45, 2.75) is 12.7 Å². The average Bonchev–Trinajstić information content (AvgIpc) is 2.30. The molecule has 7 heteroatoms. The van der Waals surface area contributed by atoms with Gasteiger partial charge < -0.3 is 25.2 Å². The van der Waals surface area contributed by atoms with Gasteiger partial charge in [-0.1, -0.05) is 0 Å². The first-order valence-electron chi connectivity index (χ1n) is 4.88. The van der Waals surface area contributed by atoms with Crippen LogP contribution in [0.15, 0.2) is 0 Å². The van der Waals surface area contributed by atoms with Crippen LogP contribution in [0.3, 0.4) is 0 Å². The summed E-state index contributed by atoms with van der Waals surface area (Å²) in [5.41, 5.74) is 0. The summed E-state index contributed by atoms with van der Waals surface area (Å²) in [5, 5.41) is 13.2. The van der Waals surface area contributed by atoms with Gasteiger partial charge in [0.1, 0.15) is 0 Å². The fourth-order valence-corrected chi connectivity index (χ4v) is 0.880. The second-order valence-electron chi connectivity index (χ2n) is 2.94. The summed E-state index contributed by atoms with van der Waals surface area (Å²) in [4.78, 5) is 22.3. The zero-order valence-corrected chi connectivity index (χ0v) is 9.49. The third-order valence-electron chi connectivity index (χ3n) is 1.78. The molecule has 0 spiro atoms. The summed E-state index contributed by atoms with van der Waals surface area (Å²) in [6, 6.07) is 0. The predicted molar refractivity (Wildman–Crippen MR) is 55.5 cm³/mol. The van der Waals surface area contributed by atoms with Crippen molar-refractivity contribution in [3.05, 3.63) is 0 Å². The molecule has 0 aliphatic carbocycles. The number of methoxy groups -OCH3 is 2. The van der Waals surface area contributed by atoms with Crippen molar-refractivity contribution in [1.29, 1.82) is 0 Å². The third kappa shape index (κ3) is 6.33. The molecule has 0 bridgehead atoms. The van der Waals surface area contributed by atoms with E-state index >= 15 is 0 Å².